The number of amides is 1. The fourth-order valence-electron chi connectivity index (χ4n) is 2.89. The molecule has 1 amide bonds. The first-order chi connectivity index (χ1) is 11.0. The molecule has 0 aromatic heterocycles. The van der Waals surface area contributed by atoms with E-state index in [0.717, 1.165) is 23.5 Å². The third kappa shape index (κ3) is 3.74. The molecule has 1 aromatic rings. The van der Waals surface area contributed by atoms with Gasteiger partial charge >= 0.3 is 0 Å². The van der Waals surface area contributed by atoms with Crippen LogP contribution in [0.4, 0.5) is 5.69 Å². The Labute approximate surface area is 141 Å². The normalized spacial score (nSPS) is 21.3. The van der Waals surface area contributed by atoms with Crippen LogP contribution >= 0.6 is 11.6 Å². The minimum atomic E-state index is -0.505. The maximum atomic E-state index is 12.5. The number of carbonyl (C=O) groups is 1. The molecular formula is C17H22ClN3O2. The molecule has 124 valence electrons. The van der Waals surface area contributed by atoms with Crippen LogP contribution in [-0.2, 0) is 16.0 Å². The predicted octanol–water partition coefficient (Wildman–Crippen LogP) is 2.10. The third-order valence-corrected chi connectivity index (χ3v) is 4.55. The molecule has 0 aliphatic carbocycles. The first kappa shape index (κ1) is 16.4. The molecule has 1 unspecified atom stereocenters. The van der Waals surface area contributed by atoms with Gasteiger partial charge in [-0.25, -0.2) is 0 Å². The number of carbonyl (C=O) groups excluding carboxylic acids is 1. The molecule has 23 heavy (non-hydrogen) atoms. The zero-order valence-corrected chi connectivity index (χ0v) is 14.2. The fraction of sp³-hybridized carbons (Fsp3) is 0.529. The van der Waals surface area contributed by atoms with E-state index in [1.807, 2.05) is 32.0 Å². The summed E-state index contributed by atoms with van der Waals surface area (Å²) in [6.45, 7) is 6.51. The molecule has 0 spiro atoms. The van der Waals surface area contributed by atoms with E-state index in [-0.39, 0.29) is 11.8 Å². The van der Waals surface area contributed by atoms with E-state index in [9.17, 15) is 4.79 Å². The summed E-state index contributed by atoms with van der Waals surface area (Å²) in [5, 5.41) is 7.06. The highest BCUT2D eigenvalue weighted by atomic mass is 35.5. The van der Waals surface area contributed by atoms with Crippen molar-refractivity contribution < 1.29 is 9.53 Å². The Balaban J connectivity index is 1.69. The summed E-state index contributed by atoms with van der Waals surface area (Å²) < 4.78 is 5.46. The largest absolute Gasteiger partial charge is 0.379 e. The van der Waals surface area contributed by atoms with Gasteiger partial charge in [-0.2, -0.15) is 0 Å². The van der Waals surface area contributed by atoms with Gasteiger partial charge in [0, 0.05) is 30.2 Å². The minimum absolute atomic E-state index is 0.00101. The molecule has 2 aliphatic heterocycles. The third-order valence-electron chi connectivity index (χ3n) is 4.32. The van der Waals surface area contributed by atoms with Crippen molar-refractivity contribution in [2.45, 2.75) is 25.8 Å². The number of hydrogen-bond donors (Lipinski definition) is 2. The highest BCUT2D eigenvalue weighted by Crippen LogP contribution is 2.32. The summed E-state index contributed by atoms with van der Waals surface area (Å²) >= 11 is 6.05. The molecule has 1 fully saturated rings. The van der Waals surface area contributed by atoms with Crippen molar-refractivity contribution in [3.63, 3.8) is 0 Å². The molecule has 0 bridgehead atoms. The standard InChI is InChI=1S/C17H22ClN3O2/c1-17(2,21-16(22)12-9-19-5-6-23-10-12)15-8-11-7-13(18)3-4-14(11)20-15/h3-4,7,12,19H,5-6,8-10H2,1-2H3,(H,21,22). The van der Waals surface area contributed by atoms with E-state index in [1.54, 1.807) is 0 Å². The Kier molecular flexibility index (Phi) is 4.71. The molecule has 5 nitrogen and oxygen atoms in total. The van der Waals surface area contributed by atoms with Crippen LogP contribution in [0.1, 0.15) is 19.4 Å². The van der Waals surface area contributed by atoms with E-state index < -0.39 is 5.54 Å². The van der Waals surface area contributed by atoms with Gasteiger partial charge in [-0.1, -0.05) is 11.6 Å². The van der Waals surface area contributed by atoms with Gasteiger partial charge in [0.15, 0.2) is 0 Å². The first-order valence-electron chi connectivity index (χ1n) is 7.93. The highest BCUT2D eigenvalue weighted by molar-refractivity contribution is 6.30. The Bertz CT molecular complexity index is 635. The average Bonchev–Trinajstić information content (AvgIpc) is 2.74. The number of aliphatic imine (C=N–C) groups is 1. The quantitative estimate of drug-likeness (QED) is 0.889. The first-order valence-corrected chi connectivity index (χ1v) is 8.30. The van der Waals surface area contributed by atoms with Crippen molar-refractivity contribution in [2.24, 2.45) is 10.9 Å². The molecule has 2 aliphatic rings. The van der Waals surface area contributed by atoms with Crippen LogP contribution in [0.15, 0.2) is 23.2 Å². The lowest BCUT2D eigenvalue weighted by Crippen LogP contribution is -2.53. The number of halogens is 1. The predicted molar refractivity (Wildman–Crippen MR) is 91.7 cm³/mol. The van der Waals surface area contributed by atoms with E-state index in [2.05, 4.69) is 15.6 Å². The van der Waals surface area contributed by atoms with Crippen molar-refractivity contribution in [2.75, 3.05) is 26.3 Å². The lowest BCUT2D eigenvalue weighted by Gasteiger charge is -2.28. The van der Waals surface area contributed by atoms with Crippen molar-refractivity contribution in [3.05, 3.63) is 28.8 Å². The minimum Gasteiger partial charge on any atom is -0.379 e. The smallest absolute Gasteiger partial charge is 0.227 e. The number of fused-ring (bicyclic) bond motifs is 1. The topological polar surface area (TPSA) is 62.7 Å². The van der Waals surface area contributed by atoms with Crippen molar-refractivity contribution in [1.82, 2.24) is 10.6 Å². The molecule has 2 N–H and O–H groups in total. The zero-order valence-electron chi connectivity index (χ0n) is 13.5. The number of rotatable bonds is 3. The van der Waals surface area contributed by atoms with Crippen molar-refractivity contribution in [1.29, 1.82) is 0 Å². The number of benzene rings is 1. The van der Waals surface area contributed by atoms with E-state index >= 15 is 0 Å². The molecule has 0 saturated carbocycles. The molecule has 0 radical (unpaired) electrons. The maximum Gasteiger partial charge on any atom is 0.227 e. The molecule has 1 saturated heterocycles. The summed E-state index contributed by atoms with van der Waals surface area (Å²) in [5.74, 6) is -0.170. The van der Waals surface area contributed by atoms with Crippen LogP contribution in [0.3, 0.4) is 0 Å². The van der Waals surface area contributed by atoms with E-state index in [1.165, 1.54) is 0 Å². The van der Waals surface area contributed by atoms with Crippen molar-refractivity contribution >= 4 is 28.9 Å². The van der Waals surface area contributed by atoms with Gasteiger partial charge in [-0.15, -0.1) is 0 Å². The van der Waals surface area contributed by atoms with Gasteiger partial charge in [-0.3, -0.25) is 9.79 Å². The summed E-state index contributed by atoms with van der Waals surface area (Å²) in [5.41, 5.74) is 2.49. The van der Waals surface area contributed by atoms with Gasteiger partial charge < -0.3 is 15.4 Å². The van der Waals surface area contributed by atoms with Gasteiger partial charge in [0.25, 0.3) is 0 Å². The van der Waals surface area contributed by atoms with Gasteiger partial charge in [-0.05, 0) is 37.6 Å². The lowest BCUT2D eigenvalue weighted by atomic mass is 9.93. The van der Waals surface area contributed by atoms with Crippen LogP contribution in [0.25, 0.3) is 0 Å². The second-order valence-corrected chi connectivity index (χ2v) is 7.03. The number of hydrogen-bond acceptors (Lipinski definition) is 4. The molecule has 2 heterocycles. The molecule has 6 heteroatoms. The summed E-state index contributed by atoms with van der Waals surface area (Å²) in [7, 11) is 0. The number of nitrogens with one attached hydrogen (secondary N) is 2. The highest BCUT2D eigenvalue weighted by Gasteiger charge is 2.33. The van der Waals surface area contributed by atoms with Crippen LogP contribution in [-0.4, -0.2) is 43.5 Å². The summed E-state index contributed by atoms with van der Waals surface area (Å²) in [4.78, 5) is 17.2. The van der Waals surface area contributed by atoms with Gasteiger partial charge in [0.05, 0.1) is 30.4 Å². The second-order valence-electron chi connectivity index (χ2n) is 6.60. The molecular weight excluding hydrogens is 314 g/mol. The zero-order chi connectivity index (χ0) is 16.4. The van der Waals surface area contributed by atoms with Gasteiger partial charge in [0.2, 0.25) is 5.91 Å². The van der Waals surface area contributed by atoms with Gasteiger partial charge in [0.1, 0.15) is 0 Å². The second kappa shape index (κ2) is 6.59. The Morgan fingerprint density at radius 2 is 2.30 bits per heavy atom. The number of nitrogens with zero attached hydrogens (tertiary/aromatic N) is 1. The van der Waals surface area contributed by atoms with Crippen LogP contribution < -0.4 is 10.6 Å². The summed E-state index contributed by atoms with van der Waals surface area (Å²) in [6, 6.07) is 5.70. The Morgan fingerprint density at radius 1 is 1.48 bits per heavy atom. The Morgan fingerprint density at radius 3 is 3.13 bits per heavy atom. The van der Waals surface area contributed by atoms with Crippen LogP contribution in [0.2, 0.25) is 5.02 Å². The van der Waals surface area contributed by atoms with E-state index in [4.69, 9.17) is 16.3 Å². The van der Waals surface area contributed by atoms with Crippen LogP contribution in [0.5, 0.6) is 0 Å². The molecule has 3 rings (SSSR count). The number of ether oxygens (including phenoxy) is 1. The molecule has 1 aromatic carbocycles. The monoisotopic (exact) mass is 335 g/mol. The maximum absolute atomic E-state index is 12.5. The van der Waals surface area contributed by atoms with Crippen LogP contribution in [0, 0.1) is 5.92 Å². The fourth-order valence-corrected chi connectivity index (χ4v) is 3.08. The molecule has 1 atom stereocenters. The lowest BCUT2D eigenvalue weighted by molar-refractivity contribution is -0.127. The SMILES string of the molecule is CC(C)(NC(=O)C1CNCCOC1)C1=Nc2ccc(Cl)cc2C1. The summed E-state index contributed by atoms with van der Waals surface area (Å²) in [6.07, 6.45) is 0.711. The average molecular weight is 336 g/mol. The van der Waals surface area contributed by atoms with Crippen molar-refractivity contribution in [3.8, 4) is 0 Å². The van der Waals surface area contributed by atoms with E-state index in [0.29, 0.717) is 31.2 Å². The Hall–Kier alpha value is -1.43.